The first-order chi connectivity index (χ1) is 11.7. The van der Waals surface area contributed by atoms with Crippen LogP contribution in [0, 0.1) is 0 Å². The van der Waals surface area contributed by atoms with Crippen LogP contribution in [0.25, 0.3) is 16.9 Å². The maximum atomic E-state index is 12.5. The van der Waals surface area contributed by atoms with Gasteiger partial charge in [-0.25, -0.2) is 4.68 Å². The first-order valence-electron chi connectivity index (χ1n) is 7.49. The first-order valence-corrected chi connectivity index (χ1v) is 7.87. The zero-order valence-corrected chi connectivity index (χ0v) is 13.7. The normalized spacial score (nSPS) is 10.4. The maximum absolute atomic E-state index is 12.5. The second kappa shape index (κ2) is 7.15. The van der Waals surface area contributed by atoms with Gasteiger partial charge in [0.1, 0.15) is 5.69 Å². The summed E-state index contributed by atoms with van der Waals surface area (Å²) in [5.41, 5.74) is 2.83. The summed E-state index contributed by atoms with van der Waals surface area (Å²) in [5.74, 6) is -0.193. The summed E-state index contributed by atoms with van der Waals surface area (Å²) < 4.78 is 1.70. The zero-order valence-electron chi connectivity index (χ0n) is 12.9. The molecule has 5 heteroatoms. The molecular formula is C19H16ClN3O. The van der Waals surface area contributed by atoms with Gasteiger partial charge in [0.2, 0.25) is 0 Å². The van der Waals surface area contributed by atoms with Gasteiger partial charge >= 0.3 is 0 Å². The van der Waals surface area contributed by atoms with E-state index in [0.29, 0.717) is 22.8 Å². The molecule has 0 saturated carbocycles. The van der Waals surface area contributed by atoms with Crippen molar-refractivity contribution < 1.29 is 4.79 Å². The Morgan fingerprint density at radius 3 is 2.54 bits per heavy atom. The standard InChI is InChI=1S/C19H16ClN3O/c1-2-12-21-19(24)17-13-23(16-6-4-3-5-7-16)22-18(17)14-8-10-15(20)11-9-14/h2-11,13H,1,12H2,(H,21,24). The largest absolute Gasteiger partial charge is 0.348 e. The molecule has 0 radical (unpaired) electrons. The summed E-state index contributed by atoms with van der Waals surface area (Å²) in [7, 11) is 0. The Morgan fingerprint density at radius 1 is 1.17 bits per heavy atom. The van der Waals surface area contributed by atoms with Gasteiger partial charge in [-0.1, -0.05) is 48.0 Å². The van der Waals surface area contributed by atoms with Crippen LogP contribution in [0.5, 0.6) is 0 Å². The van der Waals surface area contributed by atoms with Crippen molar-refractivity contribution in [3.8, 4) is 16.9 Å². The molecule has 3 aromatic rings. The fourth-order valence-electron chi connectivity index (χ4n) is 2.33. The number of amides is 1. The highest BCUT2D eigenvalue weighted by Gasteiger charge is 2.18. The summed E-state index contributed by atoms with van der Waals surface area (Å²) in [6, 6.07) is 16.9. The van der Waals surface area contributed by atoms with E-state index in [9.17, 15) is 4.79 Å². The van der Waals surface area contributed by atoms with Crippen LogP contribution < -0.4 is 5.32 Å². The van der Waals surface area contributed by atoms with Crippen LogP contribution in [0.4, 0.5) is 0 Å². The monoisotopic (exact) mass is 337 g/mol. The second-order valence-corrected chi connectivity index (χ2v) is 5.61. The van der Waals surface area contributed by atoms with E-state index >= 15 is 0 Å². The van der Waals surface area contributed by atoms with Crippen LogP contribution in [0.15, 0.2) is 73.4 Å². The number of nitrogens with one attached hydrogen (secondary N) is 1. The summed E-state index contributed by atoms with van der Waals surface area (Å²) >= 11 is 5.96. The molecule has 0 bridgehead atoms. The lowest BCUT2D eigenvalue weighted by Crippen LogP contribution is -2.23. The highest BCUT2D eigenvalue weighted by atomic mass is 35.5. The van der Waals surface area contributed by atoms with Crippen molar-refractivity contribution in [2.45, 2.75) is 0 Å². The molecule has 3 rings (SSSR count). The van der Waals surface area contributed by atoms with Gasteiger partial charge in [0, 0.05) is 23.3 Å². The van der Waals surface area contributed by atoms with Gasteiger partial charge in [-0.3, -0.25) is 4.79 Å². The molecule has 0 aliphatic carbocycles. The SMILES string of the molecule is C=CCNC(=O)c1cn(-c2ccccc2)nc1-c1ccc(Cl)cc1. The van der Waals surface area contributed by atoms with Crippen LogP contribution in [0.1, 0.15) is 10.4 Å². The smallest absolute Gasteiger partial charge is 0.255 e. The number of carbonyl (C=O) groups is 1. The van der Waals surface area contributed by atoms with Crippen molar-refractivity contribution in [1.29, 1.82) is 0 Å². The molecule has 120 valence electrons. The number of benzene rings is 2. The predicted molar refractivity (Wildman–Crippen MR) is 96.5 cm³/mol. The lowest BCUT2D eigenvalue weighted by molar-refractivity contribution is 0.0958. The Kier molecular flexibility index (Phi) is 4.77. The fraction of sp³-hybridized carbons (Fsp3) is 0.0526. The minimum atomic E-state index is -0.193. The molecule has 0 saturated heterocycles. The average molecular weight is 338 g/mol. The first kappa shape index (κ1) is 16.0. The van der Waals surface area contributed by atoms with Gasteiger partial charge in [-0.2, -0.15) is 5.10 Å². The molecule has 4 nitrogen and oxygen atoms in total. The second-order valence-electron chi connectivity index (χ2n) is 5.18. The quantitative estimate of drug-likeness (QED) is 0.712. The van der Waals surface area contributed by atoms with E-state index in [-0.39, 0.29) is 5.91 Å². The topological polar surface area (TPSA) is 46.9 Å². The Hall–Kier alpha value is -2.85. The Balaban J connectivity index is 2.07. The van der Waals surface area contributed by atoms with Gasteiger partial charge in [0.15, 0.2) is 0 Å². The molecule has 0 atom stereocenters. The third-order valence-electron chi connectivity index (χ3n) is 3.50. The molecule has 1 N–H and O–H groups in total. The number of nitrogens with zero attached hydrogens (tertiary/aromatic N) is 2. The highest BCUT2D eigenvalue weighted by Crippen LogP contribution is 2.25. The Morgan fingerprint density at radius 2 is 1.88 bits per heavy atom. The van der Waals surface area contributed by atoms with Gasteiger partial charge < -0.3 is 5.32 Å². The van der Waals surface area contributed by atoms with E-state index in [1.165, 1.54) is 0 Å². The van der Waals surface area contributed by atoms with Gasteiger partial charge in [-0.05, 0) is 24.3 Å². The molecule has 0 spiro atoms. The van der Waals surface area contributed by atoms with E-state index in [4.69, 9.17) is 11.6 Å². The number of halogens is 1. The van der Waals surface area contributed by atoms with Crippen LogP contribution in [0.2, 0.25) is 5.02 Å². The van der Waals surface area contributed by atoms with Crippen molar-refractivity contribution in [2.75, 3.05) is 6.54 Å². The van der Waals surface area contributed by atoms with E-state index in [1.807, 2.05) is 42.5 Å². The maximum Gasteiger partial charge on any atom is 0.255 e. The lowest BCUT2D eigenvalue weighted by Gasteiger charge is -2.03. The van der Waals surface area contributed by atoms with Gasteiger partial charge in [0.25, 0.3) is 5.91 Å². The highest BCUT2D eigenvalue weighted by molar-refractivity contribution is 6.30. The molecule has 0 fully saturated rings. The molecule has 2 aromatic carbocycles. The number of aromatic nitrogens is 2. The number of rotatable bonds is 5. The van der Waals surface area contributed by atoms with E-state index in [1.54, 1.807) is 29.1 Å². The van der Waals surface area contributed by atoms with Crippen LogP contribution in [-0.4, -0.2) is 22.2 Å². The van der Waals surface area contributed by atoms with E-state index < -0.39 is 0 Å². The summed E-state index contributed by atoms with van der Waals surface area (Å²) in [6.07, 6.45) is 3.37. The lowest BCUT2D eigenvalue weighted by atomic mass is 10.1. The molecule has 24 heavy (non-hydrogen) atoms. The Bertz CT molecular complexity index is 854. The third kappa shape index (κ3) is 3.39. The molecule has 0 aliphatic rings. The number of para-hydroxylation sites is 1. The molecule has 1 aromatic heterocycles. The summed E-state index contributed by atoms with van der Waals surface area (Å²) in [5, 5.41) is 8.03. The minimum Gasteiger partial charge on any atom is -0.348 e. The average Bonchev–Trinajstić information content (AvgIpc) is 3.06. The van der Waals surface area contributed by atoms with Crippen molar-refractivity contribution in [3.63, 3.8) is 0 Å². The van der Waals surface area contributed by atoms with E-state index in [2.05, 4.69) is 17.0 Å². The van der Waals surface area contributed by atoms with Crippen molar-refractivity contribution in [2.24, 2.45) is 0 Å². The molecule has 1 heterocycles. The molecule has 0 aliphatic heterocycles. The number of hydrogen-bond acceptors (Lipinski definition) is 2. The fourth-order valence-corrected chi connectivity index (χ4v) is 2.46. The minimum absolute atomic E-state index is 0.193. The van der Waals surface area contributed by atoms with Crippen molar-refractivity contribution in [3.05, 3.63) is 84.0 Å². The van der Waals surface area contributed by atoms with Crippen molar-refractivity contribution in [1.82, 2.24) is 15.1 Å². The molecular weight excluding hydrogens is 322 g/mol. The molecule has 0 unspecified atom stereocenters. The van der Waals surface area contributed by atoms with Crippen LogP contribution in [-0.2, 0) is 0 Å². The predicted octanol–water partition coefficient (Wildman–Crippen LogP) is 4.11. The molecule has 1 amide bonds. The summed E-state index contributed by atoms with van der Waals surface area (Å²) in [4.78, 5) is 12.5. The zero-order chi connectivity index (χ0) is 16.9. The number of hydrogen-bond donors (Lipinski definition) is 1. The summed E-state index contributed by atoms with van der Waals surface area (Å²) in [6.45, 7) is 4.02. The third-order valence-corrected chi connectivity index (χ3v) is 3.76. The van der Waals surface area contributed by atoms with Gasteiger partial charge in [-0.15, -0.1) is 6.58 Å². The van der Waals surface area contributed by atoms with Gasteiger partial charge in [0.05, 0.1) is 11.3 Å². The number of carbonyl (C=O) groups excluding carboxylic acids is 1. The van der Waals surface area contributed by atoms with Crippen LogP contribution in [0.3, 0.4) is 0 Å². The van der Waals surface area contributed by atoms with Crippen LogP contribution >= 0.6 is 11.6 Å². The van der Waals surface area contributed by atoms with E-state index in [0.717, 1.165) is 11.3 Å². The van der Waals surface area contributed by atoms with Crippen molar-refractivity contribution >= 4 is 17.5 Å². The Labute approximate surface area is 145 Å².